The molecule has 0 saturated carbocycles. The molecular weight excluding hydrogens is 284 g/mol. The van der Waals surface area contributed by atoms with Gasteiger partial charge in [0.15, 0.2) is 0 Å². The lowest BCUT2D eigenvalue weighted by Gasteiger charge is -2.39. The fraction of sp³-hybridized carbons (Fsp3) is 0.550. The van der Waals surface area contributed by atoms with Crippen molar-refractivity contribution in [3.63, 3.8) is 0 Å². The average Bonchev–Trinajstić information content (AvgIpc) is 3.00. The Hall–Kier alpha value is -1.61. The third-order valence-electron chi connectivity index (χ3n) is 5.52. The summed E-state index contributed by atoms with van der Waals surface area (Å²) < 4.78 is 0. The number of hydrogen-bond donors (Lipinski definition) is 0. The summed E-state index contributed by atoms with van der Waals surface area (Å²) in [6.07, 6.45) is 6.90. The van der Waals surface area contributed by atoms with E-state index in [1.165, 1.54) is 24.8 Å². The maximum atomic E-state index is 12.2. The second-order valence-corrected chi connectivity index (χ2v) is 7.15. The Morgan fingerprint density at radius 1 is 1.13 bits per heavy atom. The van der Waals surface area contributed by atoms with E-state index in [0.29, 0.717) is 17.7 Å². The zero-order chi connectivity index (χ0) is 16.1. The molecule has 2 saturated heterocycles. The highest BCUT2D eigenvalue weighted by Crippen LogP contribution is 2.40. The molecule has 2 fully saturated rings. The first kappa shape index (κ1) is 16.3. The van der Waals surface area contributed by atoms with Crippen molar-refractivity contribution in [1.82, 2.24) is 9.80 Å². The van der Waals surface area contributed by atoms with Gasteiger partial charge in [0, 0.05) is 26.1 Å². The van der Waals surface area contributed by atoms with Crippen LogP contribution in [0.25, 0.3) is 0 Å². The van der Waals surface area contributed by atoms with E-state index in [4.69, 9.17) is 0 Å². The van der Waals surface area contributed by atoms with E-state index in [1.54, 1.807) is 0 Å². The molecule has 1 aromatic carbocycles. The number of carbonyl (C=O) groups is 1. The first-order valence-electron chi connectivity index (χ1n) is 8.86. The molecule has 3 nitrogen and oxygen atoms in total. The zero-order valence-electron chi connectivity index (χ0n) is 14.0. The van der Waals surface area contributed by atoms with Crippen LogP contribution in [0, 0.1) is 5.41 Å². The van der Waals surface area contributed by atoms with Gasteiger partial charge in [0.1, 0.15) is 0 Å². The number of nitrogens with zero attached hydrogens (tertiary/aromatic N) is 2. The van der Waals surface area contributed by atoms with E-state index < -0.39 is 0 Å². The summed E-state index contributed by atoms with van der Waals surface area (Å²) in [5.41, 5.74) is 1.79. The maximum Gasteiger partial charge on any atom is 0.222 e. The highest BCUT2D eigenvalue weighted by Gasteiger charge is 2.41. The van der Waals surface area contributed by atoms with E-state index >= 15 is 0 Å². The predicted molar refractivity (Wildman–Crippen MR) is 94.0 cm³/mol. The number of benzene rings is 1. The van der Waals surface area contributed by atoms with Crippen molar-refractivity contribution >= 4 is 5.91 Å². The van der Waals surface area contributed by atoms with Crippen LogP contribution in [0.2, 0.25) is 0 Å². The van der Waals surface area contributed by atoms with Crippen molar-refractivity contribution in [1.29, 1.82) is 0 Å². The molecule has 0 atom stereocenters. The third kappa shape index (κ3) is 4.03. The van der Waals surface area contributed by atoms with Gasteiger partial charge in [0.05, 0.1) is 0 Å². The second-order valence-electron chi connectivity index (χ2n) is 7.15. The Labute approximate surface area is 140 Å². The number of carbonyl (C=O) groups excluding carboxylic acids is 1. The van der Waals surface area contributed by atoms with Gasteiger partial charge in [0.2, 0.25) is 5.91 Å². The summed E-state index contributed by atoms with van der Waals surface area (Å²) in [4.78, 5) is 16.9. The van der Waals surface area contributed by atoms with Gasteiger partial charge in [-0.05, 0) is 49.8 Å². The molecule has 0 N–H and O–H groups in total. The molecule has 1 aromatic rings. The molecule has 2 heterocycles. The van der Waals surface area contributed by atoms with Gasteiger partial charge in [-0.1, -0.05) is 36.4 Å². The number of hydrogen-bond acceptors (Lipinski definition) is 2. The van der Waals surface area contributed by atoms with Crippen molar-refractivity contribution < 1.29 is 4.79 Å². The van der Waals surface area contributed by atoms with Crippen LogP contribution in [-0.4, -0.2) is 41.9 Å². The van der Waals surface area contributed by atoms with E-state index in [9.17, 15) is 4.79 Å². The molecule has 23 heavy (non-hydrogen) atoms. The molecule has 1 amide bonds. The zero-order valence-corrected chi connectivity index (χ0v) is 14.0. The molecule has 2 aliphatic heterocycles. The fourth-order valence-electron chi connectivity index (χ4n) is 3.97. The van der Waals surface area contributed by atoms with Gasteiger partial charge in [-0.15, -0.1) is 6.58 Å². The SMILES string of the molecule is C=CCCC(=O)N1CCC2(CCN(Cc3ccccc3)CC2)C1. The topological polar surface area (TPSA) is 23.6 Å². The quantitative estimate of drug-likeness (QED) is 0.777. The lowest BCUT2D eigenvalue weighted by molar-refractivity contribution is -0.130. The van der Waals surface area contributed by atoms with Gasteiger partial charge in [-0.2, -0.15) is 0 Å². The van der Waals surface area contributed by atoms with E-state index in [-0.39, 0.29) is 0 Å². The van der Waals surface area contributed by atoms with E-state index in [2.05, 4.69) is 46.7 Å². The molecule has 3 heteroatoms. The summed E-state index contributed by atoms with van der Waals surface area (Å²) in [6, 6.07) is 10.7. The molecule has 124 valence electrons. The lowest BCUT2D eigenvalue weighted by Crippen LogP contribution is -2.41. The molecule has 0 bridgehead atoms. The largest absolute Gasteiger partial charge is 0.342 e. The van der Waals surface area contributed by atoms with Crippen molar-refractivity contribution in [2.75, 3.05) is 26.2 Å². The first-order chi connectivity index (χ1) is 11.2. The molecule has 0 aromatic heterocycles. The Balaban J connectivity index is 1.49. The number of amides is 1. The Morgan fingerprint density at radius 3 is 2.52 bits per heavy atom. The van der Waals surface area contributed by atoms with Gasteiger partial charge >= 0.3 is 0 Å². The summed E-state index contributed by atoms with van der Waals surface area (Å²) in [5, 5.41) is 0. The van der Waals surface area contributed by atoms with Crippen molar-refractivity contribution in [3.8, 4) is 0 Å². The van der Waals surface area contributed by atoms with Crippen LogP contribution >= 0.6 is 0 Å². The van der Waals surface area contributed by atoms with Crippen LogP contribution in [0.1, 0.15) is 37.7 Å². The smallest absolute Gasteiger partial charge is 0.222 e. The summed E-state index contributed by atoms with van der Waals surface area (Å²) in [6.45, 7) is 9.00. The first-order valence-corrected chi connectivity index (χ1v) is 8.86. The summed E-state index contributed by atoms with van der Waals surface area (Å²) in [5.74, 6) is 0.313. The third-order valence-corrected chi connectivity index (χ3v) is 5.52. The van der Waals surface area contributed by atoms with Crippen LogP contribution < -0.4 is 0 Å². The minimum atomic E-state index is 0.313. The lowest BCUT2D eigenvalue weighted by atomic mass is 9.77. The minimum Gasteiger partial charge on any atom is -0.342 e. The van der Waals surface area contributed by atoms with Crippen LogP contribution in [0.4, 0.5) is 0 Å². The highest BCUT2D eigenvalue weighted by atomic mass is 16.2. The predicted octanol–water partition coefficient (Wildman–Crippen LogP) is 3.47. The van der Waals surface area contributed by atoms with Crippen molar-refractivity contribution in [2.24, 2.45) is 5.41 Å². The van der Waals surface area contributed by atoms with Crippen LogP contribution in [0.15, 0.2) is 43.0 Å². The Morgan fingerprint density at radius 2 is 1.83 bits per heavy atom. The van der Waals surface area contributed by atoms with Gasteiger partial charge in [0.25, 0.3) is 0 Å². The number of allylic oxidation sites excluding steroid dienone is 1. The second kappa shape index (κ2) is 7.31. The molecule has 0 radical (unpaired) electrons. The standard InChI is InChI=1S/C20H28N2O/c1-2-3-9-19(23)22-15-12-20(17-22)10-13-21(14-11-20)16-18-7-5-4-6-8-18/h2,4-8H,1,3,9-17H2. The van der Waals surface area contributed by atoms with Crippen LogP contribution in [-0.2, 0) is 11.3 Å². The fourth-order valence-corrected chi connectivity index (χ4v) is 3.97. The molecule has 3 rings (SSSR count). The van der Waals surface area contributed by atoms with Gasteiger partial charge < -0.3 is 4.90 Å². The molecule has 2 aliphatic rings. The normalized spacial score (nSPS) is 20.8. The number of rotatable bonds is 5. The van der Waals surface area contributed by atoms with Crippen LogP contribution in [0.3, 0.4) is 0 Å². The summed E-state index contributed by atoms with van der Waals surface area (Å²) >= 11 is 0. The van der Waals surface area contributed by atoms with Gasteiger partial charge in [-0.25, -0.2) is 0 Å². The molecular formula is C20H28N2O. The van der Waals surface area contributed by atoms with E-state index in [1.807, 2.05) is 6.08 Å². The Bertz CT molecular complexity index is 532. The highest BCUT2D eigenvalue weighted by molar-refractivity contribution is 5.76. The van der Waals surface area contributed by atoms with E-state index in [0.717, 1.165) is 39.1 Å². The number of likely N-dealkylation sites (tertiary alicyclic amines) is 2. The summed E-state index contributed by atoms with van der Waals surface area (Å²) in [7, 11) is 0. The average molecular weight is 312 g/mol. The number of piperidine rings is 1. The molecule has 0 unspecified atom stereocenters. The maximum absolute atomic E-state index is 12.2. The van der Waals surface area contributed by atoms with Crippen molar-refractivity contribution in [3.05, 3.63) is 48.6 Å². The molecule has 1 spiro atoms. The Kier molecular flexibility index (Phi) is 5.16. The molecule has 0 aliphatic carbocycles. The minimum absolute atomic E-state index is 0.313. The monoisotopic (exact) mass is 312 g/mol. The van der Waals surface area contributed by atoms with Gasteiger partial charge in [-0.3, -0.25) is 9.69 Å². The van der Waals surface area contributed by atoms with Crippen molar-refractivity contribution in [2.45, 2.75) is 38.6 Å². The van der Waals surface area contributed by atoms with Crippen LogP contribution in [0.5, 0.6) is 0 Å².